The van der Waals surface area contributed by atoms with Crippen molar-refractivity contribution in [2.45, 2.75) is 51.1 Å². The molecular formula is C10H20N2O. The van der Waals surface area contributed by atoms with E-state index in [9.17, 15) is 4.79 Å². The first-order valence-corrected chi connectivity index (χ1v) is 4.90. The van der Waals surface area contributed by atoms with Crippen LogP contribution in [-0.2, 0) is 4.79 Å². The highest BCUT2D eigenvalue weighted by Crippen LogP contribution is 2.35. The van der Waals surface area contributed by atoms with Crippen molar-refractivity contribution in [3.05, 3.63) is 0 Å². The van der Waals surface area contributed by atoms with Crippen molar-refractivity contribution < 1.29 is 4.79 Å². The molecule has 3 heteroatoms. The standard InChI is InChI=1S/C10H20N2O/c1-5-9(2,3)12(4)8(13)10(11)6-7-10/h5-7,11H2,1-4H3. The molecule has 0 atom stereocenters. The molecule has 1 aliphatic rings. The number of nitrogens with zero attached hydrogens (tertiary/aromatic N) is 1. The third kappa shape index (κ3) is 1.85. The summed E-state index contributed by atoms with van der Waals surface area (Å²) in [5, 5.41) is 0. The Morgan fingerprint density at radius 2 is 2.00 bits per heavy atom. The fourth-order valence-electron chi connectivity index (χ4n) is 1.19. The van der Waals surface area contributed by atoms with Gasteiger partial charge in [-0.1, -0.05) is 6.92 Å². The van der Waals surface area contributed by atoms with E-state index >= 15 is 0 Å². The molecule has 0 aliphatic heterocycles. The van der Waals surface area contributed by atoms with Gasteiger partial charge in [-0.15, -0.1) is 0 Å². The maximum absolute atomic E-state index is 11.8. The van der Waals surface area contributed by atoms with Crippen LogP contribution < -0.4 is 5.73 Å². The summed E-state index contributed by atoms with van der Waals surface area (Å²) in [7, 11) is 1.85. The van der Waals surface area contributed by atoms with Crippen molar-refractivity contribution in [2.24, 2.45) is 5.73 Å². The molecule has 0 aromatic heterocycles. The highest BCUT2D eigenvalue weighted by atomic mass is 16.2. The molecule has 1 amide bonds. The number of rotatable bonds is 3. The van der Waals surface area contributed by atoms with Gasteiger partial charge in [0.2, 0.25) is 5.91 Å². The maximum Gasteiger partial charge on any atom is 0.242 e. The molecule has 0 heterocycles. The summed E-state index contributed by atoms with van der Waals surface area (Å²) in [6, 6.07) is 0. The minimum atomic E-state index is -0.527. The number of carbonyl (C=O) groups is 1. The minimum absolute atomic E-state index is 0.0773. The van der Waals surface area contributed by atoms with Crippen molar-refractivity contribution in [3.8, 4) is 0 Å². The molecule has 0 saturated heterocycles. The zero-order valence-electron chi connectivity index (χ0n) is 9.05. The number of carbonyl (C=O) groups excluding carboxylic acids is 1. The molecule has 0 aromatic carbocycles. The topological polar surface area (TPSA) is 46.3 Å². The summed E-state index contributed by atoms with van der Waals surface area (Å²) in [4.78, 5) is 13.6. The Labute approximate surface area is 80.3 Å². The Morgan fingerprint density at radius 3 is 2.31 bits per heavy atom. The average Bonchev–Trinajstić information content (AvgIpc) is 2.82. The van der Waals surface area contributed by atoms with Crippen LogP contribution in [0.25, 0.3) is 0 Å². The Hall–Kier alpha value is -0.570. The Kier molecular flexibility index (Phi) is 2.41. The van der Waals surface area contributed by atoms with E-state index in [1.807, 2.05) is 7.05 Å². The molecule has 0 spiro atoms. The zero-order chi connectivity index (χ0) is 10.3. The van der Waals surface area contributed by atoms with Gasteiger partial charge in [0.25, 0.3) is 0 Å². The van der Waals surface area contributed by atoms with Gasteiger partial charge in [-0.2, -0.15) is 0 Å². The Morgan fingerprint density at radius 1 is 1.54 bits per heavy atom. The van der Waals surface area contributed by atoms with E-state index in [0.717, 1.165) is 19.3 Å². The number of nitrogens with two attached hydrogens (primary N) is 1. The predicted octanol–water partition coefficient (Wildman–Crippen LogP) is 1.12. The van der Waals surface area contributed by atoms with Crippen LogP contribution in [0.5, 0.6) is 0 Å². The van der Waals surface area contributed by atoms with E-state index in [-0.39, 0.29) is 11.4 Å². The summed E-state index contributed by atoms with van der Waals surface area (Å²) in [6.07, 6.45) is 2.64. The lowest BCUT2D eigenvalue weighted by Gasteiger charge is -2.36. The first kappa shape index (κ1) is 10.5. The van der Waals surface area contributed by atoms with E-state index in [1.54, 1.807) is 4.90 Å². The maximum atomic E-state index is 11.8. The SMILES string of the molecule is CCC(C)(C)N(C)C(=O)C1(N)CC1. The molecule has 0 bridgehead atoms. The Balaban J connectivity index is 2.67. The van der Waals surface area contributed by atoms with Crippen LogP contribution in [0.2, 0.25) is 0 Å². The number of hydrogen-bond donors (Lipinski definition) is 1. The van der Waals surface area contributed by atoms with Gasteiger partial charge >= 0.3 is 0 Å². The molecular weight excluding hydrogens is 164 g/mol. The lowest BCUT2D eigenvalue weighted by molar-refractivity contribution is -0.137. The van der Waals surface area contributed by atoms with Gasteiger partial charge < -0.3 is 10.6 Å². The smallest absolute Gasteiger partial charge is 0.242 e. The summed E-state index contributed by atoms with van der Waals surface area (Å²) in [5.74, 6) is 0.0966. The van der Waals surface area contributed by atoms with E-state index in [2.05, 4.69) is 20.8 Å². The van der Waals surface area contributed by atoms with Crippen LogP contribution in [0, 0.1) is 0 Å². The monoisotopic (exact) mass is 184 g/mol. The van der Waals surface area contributed by atoms with Crippen LogP contribution in [-0.4, -0.2) is 28.9 Å². The average molecular weight is 184 g/mol. The molecule has 3 nitrogen and oxygen atoms in total. The quantitative estimate of drug-likeness (QED) is 0.714. The normalized spacial score (nSPS) is 19.8. The van der Waals surface area contributed by atoms with Gasteiger partial charge in [0.1, 0.15) is 0 Å². The van der Waals surface area contributed by atoms with Crippen molar-refractivity contribution in [3.63, 3.8) is 0 Å². The van der Waals surface area contributed by atoms with Crippen LogP contribution >= 0.6 is 0 Å². The third-order valence-corrected chi connectivity index (χ3v) is 3.29. The van der Waals surface area contributed by atoms with Gasteiger partial charge in [-0.25, -0.2) is 0 Å². The van der Waals surface area contributed by atoms with Gasteiger partial charge in [0.15, 0.2) is 0 Å². The lowest BCUT2D eigenvalue weighted by Crippen LogP contribution is -2.52. The van der Waals surface area contributed by atoms with E-state index in [1.165, 1.54) is 0 Å². The number of amides is 1. The highest BCUT2D eigenvalue weighted by Gasteiger charge is 2.49. The highest BCUT2D eigenvalue weighted by molar-refractivity contribution is 5.89. The summed E-state index contributed by atoms with van der Waals surface area (Å²) >= 11 is 0. The number of hydrogen-bond acceptors (Lipinski definition) is 2. The lowest BCUT2D eigenvalue weighted by atomic mass is 9.99. The summed E-state index contributed by atoms with van der Waals surface area (Å²) in [6.45, 7) is 6.22. The van der Waals surface area contributed by atoms with Crippen molar-refractivity contribution in [1.29, 1.82) is 0 Å². The molecule has 0 radical (unpaired) electrons. The second-order valence-electron chi connectivity index (χ2n) is 4.69. The third-order valence-electron chi connectivity index (χ3n) is 3.29. The minimum Gasteiger partial charge on any atom is -0.339 e. The fraction of sp³-hybridized carbons (Fsp3) is 0.900. The van der Waals surface area contributed by atoms with Crippen LogP contribution in [0.1, 0.15) is 40.0 Å². The van der Waals surface area contributed by atoms with Gasteiger partial charge in [0.05, 0.1) is 5.54 Å². The first-order chi connectivity index (χ1) is 5.83. The molecule has 1 fully saturated rings. The van der Waals surface area contributed by atoms with E-state index in [4.69, 9.17) is 5.73 Å². The first-order valence-electron chi connectivity index (χ1n) is 4.90. The summed E-state index contributed by atoms with van der Waals surface area (Å²) < 4.78 is 0. The van der Waals surface area contributed by atoms with Crippen LogP contribution in [0.15, 0.2) is 0 Å². The van der Waals surface area contributed by atoms with Crippen molar-refractivity contribution in [1.82, 2.24) is 4.90 Å². The van der Waals surface area contributed by atoms with Gasteiger partial charge in [-0.3, -0.25) is 4.79 Å². The molecule has 0 unspecified atom stereocenters. The van der Waals surface area contributed by atoms with Crippen molar-refractivity contribution >= 4 is 5.91 Å². The van der Waals surface area contributed by atoms with Crippen LogP contribution in [0.4, 0.5) is 0 Å². The largest absolute Gasteiger partial charge is 0.339 e. The van der Waals surface area contributed by atoms with Gasteiger partial charge in [-0.05, 0) is 33.1 Å². The molecule has 0 aromatic rings. The van der Waals surface area contributed by atoms with Crippen LogP contribution in [0.3, 0.4) is 0 Å². The second kappa shape index (κ2) is 2.98. The zero-order valence-corrected chi connectivity index (χ0v) is 9.05. The predicted molar refractivity (Wildman–Crippen MR) is 53.3 cm³/mol. The molecule has 13 heavy (non-hydrogen) atoms. The fourth-order valence-corrected chi connectivity index (χ4v) is 1.19. The summed E-state index contributed by atoms with van der Waals surface area (Å²) in [5.41, 5.74) is 5.25. The Bertz CT molecular complexity index is 219. The van der Waals surface area contributed by atoms with E-state index in [0.29, 0.717) is 0 Å². The molecule has 1 rings (SSSR count). The molecule has 76 valence electrons. The van der Waals surface area contributed by atoms with Crippen molar-refractivity contribution in [2.75, 3.05) is 7.05 Å². The molecule has 1 saturated carbocycles. The van der Waals surface area contributed by atoms with Gasteiger partial charge in [0, 0.05) is 12.6 Å². The second-order valence-corrected chi connectivity index (χ2v) is 4.69. The molecule has 1 aliphatic carbocycles. The van der Waals surface area contributed by atoms with E-state index < -0.39 is 5.54 Å². The molecule has 2 N–H and O–H groups in total. The number of likely N-dealkylation sites (N-methyl/N-ethyl adjacent to an activating group) is 1.